The number of aliphatic hydroxyl groups excluding tert-OH is 3. The van der Waals surface area contributed by atoms with Crippen molar-refractivity contribution in [1.82, 2.24) is 19.5 Å². The van der Waals surface area contributed by atoms with Gasteiger partial charge in [-0.05, 0) is 17.7 Å². The molecule has 28 heavy (non-hydrogen) atoms. The van der Waals surface area contributed by atoms with Gasteiger partial charge in [0.2, 0.25) is 0 Å². The van der Waals surface area contributed by atoms with Gasteiger partial charge in [0.25, 0.3) is 0 Å². The number of hydrogen-bond acceptors (Lipinski definition) is 8. The minimum Gasteiger partial charge on any atom is -0.394 e. The molecular weight excluding hydrogens is 430 g/mol. The zero-order valence-electron chi connectivity index (χ0n) is 15.1. The molecule has 3 aromatic rings. The summed E-state index contributed by atoms with van der Waals surface area (Å²) in [6.45, 7) is 0.225. The number of ether oxygens (including phenoxy) is 1. The first-order valence-corrected chi connectivity index (χ1v) is 9.54. The smallest absolute Gasteiger partial charge is 0.167 e. The van der Waals surface area contributed by atoms with E-state index in [0.29, 0.717) is 23.5 Å². The Morgan fingerprint density at radius 1 is 1.21 bits per heavy atom. The van der Waals surface area contributed by atoms with Crippen molar-refractivity contribution in [2.45, 2.75) is 31.1 Å². The van der Waals surface area contributed by atoms with Crippen molar-refractivity contribution in [3.63, 3.8) is 0 Å². The second-order valence-electron chi connectivity index (χ2n) is 6.74. The number of aliphatic hydroxyl groups is 3. The van der Waals surface area contributed by atoms with Gasteiger partial charge >= 0.3 is 0 Å². The summed E-state index contributed by atoms with van der Waals surface area (Å²) in [5.41, 5.74) is 2.13. The van der Waals surface area contributed by atoms with E-state index in [1.165, 1.54) is 12.7 Å². The van der Waals surface area contributed by atoms with Crippen molar-refractivity contribution < 1.29 is 20.1 Å². The molecular formula is C18H20BrN5O4. The topological polar surface area (TPSA) is 117 Å². The molecule has 1 aliphatic rings. The first-order valence-electron chi connectivity index (χ1n) is 8.75. The molecule has 0 aliphatic carbocycles. The van der Waals surface area contributed by atoms with Gasteiger partial charge in [-0.25, -0.2) is 15.0 Å². The summed E-state index contributed by atoms with van der Waals surface area (Å²) < 4.78 is 8.14. The van der Waals surface area contributed by atoms with Crippen LogP contribution in [0.3, 0.4) is 0 Å². The van der Waals surface area contributed by atoms with Gasteiger partial charge in [0, 0.05) is 18.1 Å². The monoisotopic (exact) mass is 449 g/mol. The predicted octanol–water partition coefficient (Wildman–Crippen LogP) is 0.837. The van der Waals surface area contributed by atoms with Crippen molar-refractivity contribution >= 4 is 32.9 Å². The third kappa shape index (κ3) is 3.38. The summed E-state index contributed by atoms with van der Waals surface area (Å²) in [4.78, 5) is 15.0. The average molecular weight is 450 g/mol. The van der Waals surface area contributed by atoms with E-state index < -0.39 is 31.1 Å². The van der Waals surface area contributed by atoms with Crippen molar-refractivity contribution in [1.29, 1.82) is 0 Å². The lowest BCUT2D eigenvalue weighted by atomic mass is 10.1. The van der Waals surface area contributed by atoms with E-state index >= 15 is 0 Å². The highest BCUT2D eigenvalue weighted by molar-refractivity contribution is 9.10. The normalized spacial score (nSPS) is 24.8. The van der Waals surface area contributed by atoms with Gasteiger partial charge in [0.05, 0.1) is 12.9 Å². The maximum absolute atomic E-state index is 10.3. The summed E-state index contributed by atoms with van der Waals surface area (Å²) >= 11 is 3.47. The van der Waals surface area contributed by atoms with Crippen LogP contribution in [0.5, 0.6) is 0 Å². The molecule has 0 spiro atoms. The number of imidazole rings is 1. The molecule has 1 saturated heterocycles. The maximum Gasteiger partial charge on any atom is 0.167 e. The highest BCUT2D eigenvalue weighted by Gasteiger charge is 2.44. The Bertz CT molecular complexity index is 984. The van der Waals surface area contributed by atoms with E-state index in [2.05, 4.69) is 30.9 Å². The van der Waals surface area contributed by atoms with Gasteiger partial charge in [-0.2, -0.15) is 0 Å². The Morgan fingerprint density at radius 2 is 2.04 bits per heavy atom. The SMILES string of the molecule is CN(Cc1cccc(Br)c1)c1ncnc2c1ncn2[C@@H]1O[C@H](CO)[C@@H](O)[C@H]1O. The fraction of sp³-hybridized carbons (Fsp3) is 0.389. The largest absolute Gasteiger partial charge is 0.394 e. The molecule has 4 rings (SSSR count). The van der Waals surface area contributed by atoms with Crippen LogP contribution in [-0.2, 0) is 11.3 Å². The fourth-order valence-corrected chi connectivity index (χ4v) is 3.85. The highest BCUT2D eigenvalue weighted by Crippen LogP contribution is 2.32. The zero-order valence-corrected chi connectivity index (χ0v) is 16.6. The predicted molar refractivity (Wildman–Crippen MR) is 105 cm³/mol. The van der Waals surface area contributed by atoms with Crippen molar-refractivity contribution in [3.05, 3.63) is 47.0 Å². The van der Waals surface area contributed by atoms with Gasteiger partial charge in [-0.3, -0.25) is 4.57 Å². The highest BCUT2D eigenvalue weighted by atomic mass is 79.9. The zero-order chi connectivity index (χ0) is 19.8. The Balaban J connectivity index is 1.65. The van der Waals surface area contributed by atoms with Crippen molar-refractivity contribution in [3.8, 4) is 0 Å². The number of hydrogen-bond donors (Lipinski definition) is 3. The molecule has 1 aromatic carbocycles. The molecule has 2 aromatic heterocycles. The first-order chi connectivity index (χ1) is 13.5. The van der Waals surface area contributed by atoms with Crippen molar-refractivity contribution in [2.75, 3.05) is 18.6 Å². The lowest BCUT2D eigenvalue weighted by molar-refractivity contribution is -0.0511. The third-order valence-electron chi connectivity index (χ3n) is 4.80. The molecule has 1 fully saturated rings. The van der Waals surface area contributed by atoms with Crippen LogP contribution >= 0.6 is 15.9 Å². The molecule has 0 amide bonds. The number of aromatic nitrogens is 4. The second kappa shape index (κ2) is 7.72. The number of nitrogens with zero attached hydrogens (tertiary/aromatic N) is 5. The Labute approximate surface area is 169 Å². The third-order valence-corrected chi connectivity index (χ3v) is 5.29. The summed E-state index contributed by atoms with van der Waals surface area (Å²) in [6.07, 6.45) is -1.22. The van der Waals surface area contributed by atoms with Crippen LogP contribution in [0, 0.1) is 0 Å². The maximum atomic E-state index is 10.3. The van der Waals surface area contributed by atoms with E-state index in [4.69, 9.17) is 4.74 Å². The lowest BCUT2D eigenvalue weighted by Gasteiger charge is -2.19. The molecule has 3 N–H and O–H groups in total. The summed E-state index contributed by atoms with van der Waals surface area (Å²) in [7, 11) is 1.91. The molecule has 0 saturated carbocycles. The summed E-state index contributed by atoms with van der Waals surface area (Å²) in [5, 5.41) is 29.6. The number of anilines is 1. The first kappa shape index (κ1) is 19.2. The average Bonchev–Trinajstić information content (AvgIpc) is 3.23. The molecule has 10 heteroatoms. The van der Waals surface area contributed by atoms with Crippen LogP contribution in [0.25, 0.3) is 11.2 Å². The minimum absolute atomic E-state index is 0.392. The Kier molecular flexibility index (Phi) is 5.30. The minimum atomic E-state index is -1.20. The van der Waals surface area contributed by atoms with E-state index in [-0.39, 0.29) is 0 Å². The lowest BCUT2D eigenvalue weighted by Crippen LogP contribution is -2.33. The van der Waals surface area contributed by atoms with E-state index in [1.807, 2.05) is 36.2 Å². The molecule has 148 valence electrons. The second-order valence-corrected chi connectivity index (χ2v) is 7.65. The molecule has 0 unspecified atom stereocenters. The Morgan fingerprint density at radius 3 is 2.75 bits per heavy atom. The van der Waals surface area contributed by atoms with Gasteiger partial charge in [-0.1, -0.05) is 28.1 Å². The van der Waals surface area contributed by atoms with Crippen LogP contribution in [0.4, 0.5) is 5.82 Å². The van der Waals surface area contributed by atoms with E-state index in [0.717, 1.165) is 10.0 Å². The van der Waals surface area contributed by atoms with E-state index in [1.54, 1.807) is 4.57 Å². The van der Waals surface area contributed by atoms with Crippen LogP contribution in [0.15, 0.2) is 41.4 Å². The van der Waals surface area contributed by atoms with Gasteiger partial charge in [-0.15, -0.1) is 0 Å². The van der Waals surface area contributed by atoms with Crippen LogP contribution < -0.4 is 4.90 Å². The summed E-state index contributed by atoms with van der Waals surface area (Å²) in [5.74, 6) is 0.635. The van der Waals surface area contributed by atoms with Gasteiger partial charge in [0.1, 0.15) is 24.6 Å². The molecule has 0 bridgehead atoms. The number of halogens is 1. The molecule has 9 nitrogen and oxygen atoms in total. The van der Waals surface area contributed by atoms with Gasteiger partial charge in [0.15, 0.2) is 23.2 Å². The van der Waals surface area contributed by atoms with Crippen LogP contribution in [0.2, 0.25) is 0 Å². The standard InChI is InChI=1S/C18H20BrN5O4/c1-23(6-10-3-2-4-11(19)5-10)16-13-17(21-8-20-16)24(9-22-13)18-15(27)14(26)12(7-25)28-18/h2-5,8-9,12,14-15,18,25-27H,6-7H2,1H3/t12-,14-,15-,18-/m1/s1. The van der Waals surface area contributed by atoms with Crippen LogP contribution in [0.1, 0.15) is 11.8 Å². The summed E-state index contributed by atoms with van der Waals surface area (Å²) in [6, 6.07) is 8.00. The van der Waals surface area contributed by atoms with E-state index in [9.17, 15) is 15.3 Å². The Hall–Kier alpha value is -2.11. The number of benzene rings is 1. The molecule has 1 aliphatic heterocycles. The molecule has 4 atom stereocenters. The van der Waals surface area contributed by atoms with Crippen molar-refractivity contribution in [2.24, 2.45) is 0 Å². The number of fused-ring (bicyclic) bond motifs is 1. The molecule has 3 heterocycles. The fourth-order valence-electron chi connectivity index (χ4n) is 3.40. The quantitative estimate of drug-likeness (QED) is 0.524. The number of rotatable bonds is 5. The van der Waals surface area contributed by atoms with Gasteiger partial charge < -0.3 is 25.0 Å². The van der Waals surface area contributed by atoms with Crippen LogP contribution in [-0.4, -0.2) is 66.8 Å². The molecule has 0 radical (unpaired) electrons.